The molecule has 8 heteroatoms. The first-order chi connectivity index (χ1) is 12.9. The van der Waals surface area contributed by atoms with E-state index < -0.39 is 23.5 Å². The molecule has 29 heavy (non-hydrogen) atoms. The van der Waals surface area contributed by atoms with Crippen LogP contribution in [-0.4, -0.2) is 5.88 Å². The summed E-state index contributed by atoms with van der Waals surface area (Å²) in [7, 11) is 0. The molecule has 2 aromatic rings. The number of halogens is 7. The van der Waals surface area contributed by atoms with Crippen LogP contribution in [0.2, 0.25) is 0 Å². The van der Waals surface area contributed by atoms with Crippen LogP contribution in [0.3, 0.4) is 0 Å². The molecule has 0 saturated carbocycles. The van der Waals surface area contributed by atoms with Crippen LogP contribution in [0.15, 0.2) is 48.5 Å². The Morgan fingerprint density at radius 2 is 1.07 bits per heavy atom. The van der Waals surface area contributed by atoms with Crippen molar-refractivity contribution < 1.29 is 26.3 Å². The summed E-state index contributed by atoms with van der Waals surface area (Å²) in [6.45, 7) is 3.50. The topological polar surface area (TPSA) is 35.0 Å². The number of alkyl halides is 7. The molecule has 2 rings (SSSR count). The Labute approximate surface area is 171 Å². The molecule has 0 aromatic heterocycles. The highest BCUT2D eigenvalue weighted by Gasteiger charge is 2.30. The van der Waals surface area contributed by atoms with E-state index in [0.29, 0.717) is 5.88 Å². The molecule has 2 aromatic carbocycles. The van der Waals surface area contributed by atoms with Crippen LogP contribution < -0.4 is 6.15 Å². The third-order valence-electron chi connectivity index (χ3n) is 2.99. The molecule has 158 valence electrons. The predicted molar refractivity (Wildman–Crippen MR) is 105 cm³/mol. The second-order valence-electron chi connectivity index (χ2n) is 5.31. The van der Waals surface area contributed by atoms with Crippen molar-refractivity contribution in [3.8, 4) is 24.2 Å². The highest BCUT2D eigenvalue weighted by molar-refractivity contribution is 6.19. The minimum atomic E-state index is -4.21. The molecule has 0 bridgehead atoms. The van der Waals surface area contributed by atoms with Gasteiger partial charge in [-0.25, -0.2) is 0 Å². The molecule has 0 unspecified atom stereocenters. The van der Waals surface area contributed by atoms with Crippen LogP contribution in [-0.2, 0) is 12.4 Å². The van der Waals surface area contributed by atoms with E-state index in [4.69, 9.17) is 18.0 Å². The first kappa shape index (κ1) is 28.6. The van der Waals surface area contributed by atoms with E-state index in [0.717, 1.165) is 35.4 Å². The van der Waals surface area contributed by atoms with Crippen molar-refractivity contribution in [2.75, 3.05) is 5.88 Å². The van der Waals surface area contributed by atoms with Crippen molar-refractivity contribution in [2.45, 2.75) is 26.2 Å². The molecule has 0 atom stereocenters. The Morgan fingerprint density at radius 3 is 1.24 bits per heavy atom. The number of aryl methyl sites for hydroxylation is 2. The second kappa shape index (κ2) is 13.5. The van der Waals surface area contributed by atoms with Gasteiger partial charge in [-0.05, 0) is 50.0 Å². The molecule has 0 aliphatic rings. The fourth-order valence-electron chi connectivity index (χ4n) is 1.57. The van der Waals surface area contributed by atoms with E-state index in [2.05, 4.69) is 17.8 Å². The molecule has 0 saturated heterocycles. The minimum absolute atomic E-state index is 0. The van der Waals surface area contributed by atoms with E-state index in [1.54, 1.807) is 13.8 Å². The van der Waals surface area contributed by atoms with Gasteiger partial charge in [0, 0.05) is 0 Å². The van der Waals surface area contributed by atoms with E-state index in [1.165, 1.54) is 24.3 Å². The number of terminal acetylenes is 1. The van der Waals surface area contributed by atoms with Gasteiger partial charge in [-0.2, -0.15) is 26.3 Å². The molecule has 3 N–H and O–H groups in total. The molecule has 0 aliphatic carbocycles. The van der Waals surface area contributed by atoms with Crippen LogP contribution in [0.4, 0.5) is 26.3 Å². The van der Waals surface area contributed by atoms with Gasteiger partial charge in [0.15, 0.2) is 0 Å². The lowest BCUT2D eigenvalue weighted by Crippen LogP contribution is -2.03. The average Bonchev–Trinajstić information content (AvgIpc) is 2.60. The van der Waals surface area contributed by atoms with Crippen molar-refractivity contribution >= 4 is 11.6 Å². The zero-order valence-corrected chi connectivity index (χ0v) is 16.5. The molecular formula is C21H20ClF6N. The summed E-state index contributed by atoms with van der Waals surface area (Å²) >= 11 is 5.11. The molecule has 0 radical (unpaired) electrons. The van der Waals surface area contributed by atoms with Crippen molar-refractivity contribution in [3.05, 3.63) is 70.8 Å². The van der Waals surface area contributed by atoms with Gasteiger partial charge in [0.25, 0.3) is 0 Å². The fraction of sp³-hybridized carbons (Fsp3) is 0.238. The third kappa shape index (κ3) is 13.2. The maximum absolute atomic E-state index is 11.9. The summed E-state index contributed by atoms with van der Waals surface area (Å²) in [5, 5.41) is 0. The Kier molecular flexibility index (Phi) is 13.4. The third-order valence-corrected chi connectivity index (χ3v) is 3.12. The molecule has 0 spiro atoms. The molecule has 0 heterocycles. The largest absolute Gasteiger partial charge is 0.416 e. The summed E-state index contributed by atoms with van der Waals surface area (Å²) in [5.74, 6) is 7.27. The van der Waals surface area contributed by atoms with Gasteiger partial charge in [-0.15, -0.1) is 18.0 Å². The minimum Gasteiger partial charge on any atom is -0.344 e. The number of rotatable bonds is 0. The average molecular weight is 436 g/mol. The van der Waals surface area contributed by atoms with Crippen LogP contribution in [0, 0.1) is 38.0 Å². The molecule has 0 amide bonds. The molecule has 0 aliphatic heterocycles. The van der Waals surface area contributed by atoms with Crippen LogP contribution in [0.25, 0.3) is 0 Å². The van der Waals surface area contributed by atoms with Crippen molar-refractivity contribution in [3.63, 3.8) is 0 Å². The van der Waals surface area contributed by atoms with Gasteiger partial charge < -0.3 is 6.15 Å². The highest BCUT2D eigenvalue weighted by atomic mass is 35.5. The quantitative estimate of drug-likeness (QED) is 0.268. The van der Waals surface area contributed by atoms with Gasteiger partial charge in [-0.1, -0.05) is 41.3 Å². The zero-order valence-electron chi connectivity index (χ0n) is 15.8. The van der Waals surface area contributed by atoms with Gasteiger partial charge in [-0.3, -0.25) is 0 Å². The summed E-state index contributed by atoms with van der Waals surface area (Å²) < 4.78 is 71.5. The predicted octanol–water partition coefficient (Wildman–Crippen LogP) is 7.05. The Bertz CT molecular complexity index is 749. The molecular weight excluding hydrogens is 416 g/mol. The van der Waals surface area contributed by atoms with Crippen molar-refractivity contribution in [1.29, 1.82) is 0 Å². The Morgan fingerprint density at radius 1 is 0.759 bits per heavy atom. The fourth-order valence-corrected chi connectivity index (χ4v) is 1.64. The van der Waals surface area contributed by atoms with Crippen LogP contribution >= 0.6 is 11.6 Å². The number of hydrogen-bond donors (Lipinski definition) is 1. The number of benzene rings is 2. The van der Waals surface area contributed by atoms with Crippen molar-refractivity contribution in [1.82, 2.24) is 6.15 Å². The Hall–Kier alpha value is -2.61. The first-order valence-electron chi connectivity index (χ1n) is 7.69. The highest BCUT2D eigenvalue weighted by Crippen LogP contribution is 2.29. The summed E-state index contributed by atoms with van der Waals surface area (Å²) in [6, 6.07) is 10.1. The Balaban J connectivity index is 0. The van der Waals surface area contributed by atoms with Gasteiger partial charge in [0.05, 0.1) is 17.0 Å². The van der Waals surface area contributed by atoms with Gasteiger partial charge in [0.1, 0.15) is 0 Å². The van der Waals surface area contributed by atoms with Crippen LogP contribution in [0.5, 0.6) is 0 Å². The zero-order chi connectivity index (χ0) is 21.8. The lowest BCUT2D eigenvalue weighted by atomic mass is 10.1. The monoisotopic (exact) mass is 435 g/mol. The van der Waals surface area contributed by atoms with E-state index in [9.17, 15) is 26.3 Å². The van der Waals surface area contributed by atoms with Crippen molar-refractivity contribution in [2.24, 2.45) is 0 Å². The summed E-state index contributed by atoms with van der Waals surface area (Å²) in [5.41, 5.74) is 0.474. The second-order valence-corrected chi connectivity index (χ2v) is 5.57. The lowest BCUT2D eigenvalue weighted by molar-refractivity contribution is -0.138. The van der Waals surface area contributed by atoms with Gasteiger partial charge >= 0.3 is 12.4 Å². The smallest absolute Gasteiger partial charge is 0.344 e. The van der Waals surface area contributed by atoms with E-state index >= 15 is 0 Å². The summed E-state index contributed by atoms with van der Waals surface area (Å²) in [6.07, 6.45) is -3.70. The molecule has 0 fully saturated rings. The maximum atomic E-state index is 11.9. The maximum Gasteiger partial charge on any atom is 0.416 e. The number of hydrogen-bond acceptors (Lipinski definition) is 1. The van der Waals surface area contributed by atoms with Gasteiger partial charge in [0.2, 0.25) is 0 Å². The first-order valence-corrected chi connectivity index (χ1v) is 8.22. The lowest BCUT2D eigenvalue weighted by Gasteiger charge is -2.05. The standard InChI is InChI=1S/2C8H7F3.C5H3Cl.H3N/c2*1-6-2-4-7(5-3-6)8(9,10)11;1-2-3-4-5-6;/h2*2-5H,1H3;1H,5H2;1H3. The van der Waals surface area contributed by atoms with E-state index in [-0.39, 0.29) is 6.15 Å². The SMILES string of the molecule is C#CC#CCCl.Cc1ccc(C(F)(F)F)cc1.Cc1ccc(C(F)(F)F)cc1.N. The van der Waals surface area contributed by atoms with Crippen LogP contribution in [0.1, 0.15) is 22.3 Å². The normalized spacial score (nSPS) is 9.79. The summed E-state index contributed by atoms with van der Waals surface area (Å²) in [4.78, 5) is 0. The molecule has 1 nitrogen and oxygen atoms in total. The van der Waals surface area contributed by atoms with E-state index in [1.807, 2.05) is 0 Å².